The van der Waals surface area contributed by atoms with Gasteiger partial charge in [0.1, 0.15) is 5.60 Å². The van der Waals surface area contributed by atoms with Gasteiger partial charge in [0.15, 0.2) is 0 Å². The number of carbonyl (C=O) groups excluding carboxylic acids is 1. The monoisotopic (exact) mass is 325 g/mol. The van der Waals surface area contributed by atoms with Crippen LogP contribution in [0.15, 0.2) is 0 Å². The highest BCUT2D eigenvalue weighted by Crippen LogP contribution is 2.45. The van der Waals surface area contributed by atoms with Gasteiger partial charge in [0.25, 0.3) is 0 Å². The minimum Gasteiger partial charge on any atom is -0.444 e. The van der Waals surface area contributed by atoms with Crippen LogP contribution >= 0.6 is 32.3 Å². The number of methoxy groups -OCH3 is 1. The number of hydrogen-bond donors (Lipinski definition) is 1. The molecule has 0 spiro atoms. The van der Waals surface area contributed by atoms with E-state index in [1.165, 1.54) is 9.83 Å². The molecule has 0 aromatic heterocycles. The molecular formula is C12H23NO3S3. The summed E-state index contributed by atoms with van der Waals surface area (Å²) in [5.74, 6) is 0. The fourth-order valence-electron chi connectivity index (χ4n) is 2.02. The van der Waals surface area contributed by atoms with E-state index in [-0.39, 0.29) is 10.8 Å². The maximum Gasteiger partial charge on any atom is 0.410 e. The molecule has 0 N–H and O–H groups in total. The van der Waals surface area contributed by atoms with Gasteiger partial charge < -0.3 is 14.4 Å². The van der Waals surface area contributed by atoms with E-state index in [1.807, 2.05) is 20.8 Å². The normalized spacial score (nSPS) is 19.3. The Labute approximate surface area is 128 Å². The minimum atomic E-state index is -0.437. The third kappa shape index (κ3) is 5.65. The molecule has 112 valence electrons. The number of amides is 1. The standard InChI is InChI=1S/C12H23NO3S3/c1-11(2,3)16-10(14)13-7-5-12(6-8-13,9-15-4)18-19-17/h17H,5-9H2,1-4H3. The summed E-state index contributed by atoms with van der Waals surface area (Å²) in [4.78, 5) is 13.8. The van der Waals surface area contributed by atoms with Gasteiger partial charge >= 0.3 is 6.09 Å². The second-order valence-corrected chi connectivity index (χ2v) is 9.21. The van der Waals surface area contributed by atoms with Crippen molar-refractivity contribution in [1.29, 1.82) is 0 Å². The highest BCUT2D eigenvalue weighted by Gasteiger charge is 2.37. The molecule has 0 aromatic carbocycles. The first-order valence-corrected chi connectivity index (χ1v) is 9.48. The molecule has 1 aliphatic heterocycles. The van der Waals surface area contributed by atoms with E-state index in [0.717, 1.165) is 12.8 Å². The van der Waals surface area contributed by atoms with Gasteiger partial charge in [-0.05, 0) is 43.4 Å². The van der Waals surface area contributed by atoms with Crippen molar-refractivity contribution in [3.63, 3.8) is 0 Å². The summed E-state index contributed by atoms with van der Waals surface area (Å²) in [6, 6.07) is 0. The second kappa shape index (κ2) is 7.33. The summed E-state index contributed by atoms with van der Waals surface area (Å²) >= 11 is 4.22. The molecule has 1 amide bonds. The number of hydrogen-bond acceptors (Lipinski definition) is 6. The Morgan fingerprint density at radius 1 is 1.37 bits per heavy atom. The Bertz CT molecular complexity index is 291. The van der Waals surface area contributed by atoms with Gasteiger partial charge in [-0.15, -0.1) is 0 Å². The smallest absolute Gasteiger partial charge is 0.410 e. The molecule has 0 aromatic rings. The summed E-state index contributed by atoms with van der Waals surface area (Å²) in [7, 11) is 4.91. The van der Waals surface area contributed by atoms with Gasteiger partial charge in [0.05, 0.1) is 11.4 Å². The first-order valence-electron chi connectivity index (χ1n) is 6.28. The number of rotatable bonds is 4. The van der Waals surface area contributed by atoms with Crippen LogP contribution in [-0.2, 0) is 9.47 Å². The highest BCUT2D eigenvalue weighted by molar-refractivity contribution is 9.05. The number of likely N-dealkylation sites (tertiary alicyclic amines) is 1. The van der Waals surface area contributed by atoms with Crippen LogP contribution in [-0.4, -0.2) is 48.1 Å². The molecule has 1 aliphatic rings. The fourth-order valence-corrected chi connectivity index (χ4v) is 5.23. The second-order valence-electron chi connectivity index (χ2n) is 5.74. The zero-order valence-corrected chi connectivity index (χ0v) is 14.5. The van der Waals surface area contributed by atoms with E-state index in [4.69, 9.17) is 9.47 Å². The number of ether oxygens (including phenoxy) is 2. The number of piperidine rings is 1. The molecular weight excluding hydrogens is 302 g/mol. The van der Waals surface area contributed by atoms with Crippen molar-refractivity contribution < 1.29 is 14.3 Å². The van der Waals surface area contributed by atoms with Gasteiger partial charge in [-0.25, -0.2) is 4.79 Å². The Kier molecular flexibility index (Phi) is 6.69. The zero-order valence-electron chi connectivity index (χ0n) is 12.0. The Balaban J connectivity index is 2.53. The predicted molar refractivity (Wildman–Crippen MR) is 85.8 cm³/mol. The number of nitrogens with zero attached hydrogens (tertiary/aromatic N) is 1. The zero-order chi connectivity index (χ0) is 14.5. The van der Waals surface area contributed by atoms with E-state index in [0.29, 0.717) is 19.7 Å². The molecule has 0 bridgehead atoms. The van der Waals surface area contributed by atoms with Crippen LogP contribution in [0.5, 0.6) is 0 Å². The van der Waals surface area contributed by atoms with Crippen molar-refractivity contribution in [1.82, 2.24) is 4.90 Å². The van der Waals surface area contributed by atoms with E-state index >= 15 is 0 Å². The molecule has 0 saturated carbocycles. The maximum atomic E-state index is 12.0. The predicted octanol–water partition coefficient (Wildman–Crippen LogP) is 3.63. The summed E-state index contributed by atoms with van der Waals surface area (Å²) in [5.41, 5.74) is -0.437. The minimum absolute atomic E-state index is 0.0552. The van der Waals surface area contributed by atoms with Crippen molar-refractivity contribution in [2.45, 2.75) is 44.0 Å². The van der Waals surface area contributed by atoms with Crippen LogP contribution in [0.2, 0.25) is 0 Å². The quantitative estimate of drug-likeness (QED) is 0.631. The first kappa shape index (κ1) is 17.3. The Morgan fingerprint density at radius 2 is 1.95 bits per heavy atom. The maximum absolute atomic E-state index is 12.0. The lowest BCUT2D eigenvalue weighted by Crippen LogP contribution is -2.48. The molecule has 0 aliphatic carbocycles. The molecule has 0 atom stereocenters. The SMILES string of the molecule is COCC1(SSS)CCN(C(=O)OC(C)(C)C)CC1. The first-order chi connectivity index (χ1) is 8.82. The summed E-state index contributed by atoms with van der Waals surface area (Å²) in [5, 5.41) is 0. The molecule has 0 radical (unpaired) electrons. The molecule has 19 heavy (non-hydrogen) atoms. The van der Waals surface area contributed by atoms with Gasteiger partial charge in [0.2, 0.25) is 0 Å². The van der Waals surface area contributed by atoms with Crippen LogP contribution in [0.25, 0.3) is 0 Å². The van der Waals surface area contributed by atoms with Crippen molar-refractivity contribution in [3.8, 4) is 0 Å². The molecule has 1 fully saturated rings. The van der Waals surface area contributed by atoms with Crippen LogP contribution < -0.4 is 0 Å². The highest BCUT2D eigenvalue weighted by atomic mass is 33.5. The van der Waals surface area contributed by atoms with Crippen LogP contribution in [0, 0.1) is 0 Å². The largest absolute Gasteiger partial charge is 0.444 e. The topological polar surface area (TPSA) is 38.8 Å². The summed E-state index contributed by atoms with van der Waals surface area (Å²) < 4.78 is 10.8. The molecule has 7 heteroatoms. The number of carbonyl (C=O) groups is 1. The van der Waals surface area contributed by atoms with E-state index < -0.39 is 5.60 Å². The lowest BCUT2D eigenvalue weighted by atomic mass is 9.97. The van der Waals surface area contributed by atoms with Gasteiger partial charge in [0, 0.05) is 20.2 Å². The summed E-state index contributed by atoms with van der Waals surface area (Å²) in [6.45, 7) is 7.76. The molecule has 0 unspecified atom stereocenters. The van der Waals surface area contributed by atoms with Crippen LogP contribution in [0.3, 0.4) is 0 Å². The lowest BCUT2D eigenvalue weighted by molar-refractivity contribution is 0.0169. The molecule has 1 rings (SSSR count). The number of thiol groups is 1. The van der Waals surface area contributed by atoms with Gasteiger partial charge in [-0.1, -0.05) is 22.5 Å². The molecule has 4 nitrogen and oxygen atoms in total. The molecule has 1 heterocycles. The lowest BCUT2D eigenvalue weighted by Gasteiger charge is -2.40. The van der Waals surface area contributed by atoms with Crippen molar-refractivity contribution >= 4 is 38.4 Å². The fraction of sp³-hybridized carbons (Fsp3) is 0.917. The van der Waals surface area contributed by atoms with Crippen molar-refractivity contribution in [3.05, 3.63) is 0 Å². The summed E-state index contributed by atoms with van der Waals surface area (Å²) in [6.07, 6.45) is 1.58. The van der Waals surface area contributed by atoms with Crippen LogP contribution in [0.4, 0.5) is 4.79 Å². The Morgan fingerprint density at radius 3 is 2.37 bits per heavy atom. The van der Waals surface area contributed by atoms with E-state index in [2.05, 4.69) is 11.7 Å². The third-order valence-electron chi connectivity index (χ3n) is 2.95. The van der Waals surface area contributed by atoms with Crippen LogP contribution in [0.1, 0.15) is 33.6 Å². The van der Waals surface area contributed by atoms with Gasteiger partial charge in [-0.3, -0.25) is 0 Å². The van der Waals surface area contributed by atoms with Gasteiger partial charge in [-0.2, -0.15) is 0 Å². The van der Waals surface area contributed by atoms with E-state index in [1.54, 1.807) is 22.8 Å². The van der Waals surface area contributed by atoms with E-state index in [9.17, 15) is 4.79 Å². The third-order valence-corrected chi connectivity index (χ3v) is 5.86. The Hall–Kier alpha value is 0.280. The van der Waals surface area contributed by atoms with Crippen molar-refractivity contribution in [2.75, 3.05) is 26.8 Å². The average Bonchev–Trinajstić information content (AvgIpc) is 2.28. The van der Waals surface area contributed by atoms with Crippen molar-refractivity contribution in [2.24, 2.45) is 0 Å². The molecule has 1 saturated heterocycles. The average molecular weight is 326 g/mol.